The van der Waals surface area contributed by atoms with Crippen LogP contribution in [-0.2, 0) is 25.7 Å². The number of likely N-dealkylation sites (tertiary alicyclic amines) is 1. The highest BCUT2D eigenvalue weighted by Gasteiger charge is 2.44. The van der Waals surface area contributed by atoms with Crippen molar-refractivity contribution in [2.24, 2.45) is 5.92 Å². The fourth-order valence-corrected chi connectivity index (χ4v) is 3.69. The zero-order valence-electron chi connectivity index (χ0n) is 14.8. The third-order valence-corrected chi connectivity index (χ3v) is 5.09. The molecule has 0 aromatic heterocycles. The van der Waals surface area contributed by atoms with Crippen molar-refractivity contribution >= 4 is 23.8 Å². The van der Waals surface area contributed by atoms with Gasteiger partial charge < -0.3 is 20.1 Å². The summed E-state index contributed by atoms with van der Waals surface area (Å²) < 4.78 is 5.13. The number of hydrogen-bond acceptors (Lipinski definition) is 5. The minimum Gasteiger partial charge on any atom is -0.481 e. The summed E-state index contributed by atoms with van der Waals surface area (Å²) in [5.41, 5.74) is 0.836. The highest BCUT2D eigenvalue weighted by molar-refractivity contribution is 5.90. The van der Waals surface area contributed by atoms with Crippen molar-refractivity contribution in [2.45, 2.75) is 44.4 Å². The van der Waals surface area contributed by atoms with E-state index in [2.05, 4.69) is 5.32 Å². The molecule has 3 atom stereocenters. The maximum absolute atomic E-state index is 12.6. The van der Waals surface area contributed by atoms with Crippen LogP contribution in [0.1, 0.15) is 31.2 Å². The Bertz CT molecular complexity index is 735. The summed E-state index contributed by atoms with van der Waals surface area (Å²) in [6, 6.07) is 7.93. The molecule has 1 saturated carbocycles. The molecule has 1 aromatic carbocycles. The van der Waals surface area contributed by atoms with Crippen LogP contribution in [0.25, 0.3) is 0 Å². The number of carbonyl (C=O) groups excluding carboxylic acids is 3. The number of nitrogens with zero attached hydrogens (tertiary/aromatic N) is 1. The second-order valence-electron chi connectivity index (χ2n) is 6.87. The van der Waals surface area contributed by atoms with E-state index in [9.17, 15) is 24.3 Å². The van der Waals surface area contributed by atoms with Gasteiger partial charge in [0.05, 0.1) is 5.92 Å². The summed E-state index contributed by atoms with van der Waals surface area (Å²) in [5.74, 6) is -2.37. The maximum atomic E-state index is 12.6. The van der Waals surface area contributed by atoms with Gasteiger partial charge in [-0.25, -0.2) is 4.79 Å². The fourth-order valence-electron chi connectivity index (χ4n) is 3.69. The SMILES string of the molecule is O=C1CC[C@H](N2CCC(NC(=O)OCc3ccccc3)C2=O)[C@H](C(=O)O)C1. The molecule has 0 bridgehead atoms. The molecule has 1 aliphatic heterocycles. The van der Waals surface area contributed by atoms with Gasteiger partial charge in [0.1, 0.15) is 18.4 Å². The summed E-state index contributed by atoms with van der Waals surface area (Å²) in [5, 5.41) is 11.9. The average molecular weight is 374 g/mol. The van der Waals surface area contributed by atoms with Crippen LogP contribution in [0, 0.1) is 5.92 Å². The minimum absolute atomic E-state index is 0.0546. The van der Waals surface area contributed by atoms with Crippen LogP contribution >= 0.6 is 0 Å². The Kier molecular flexibility index (Phi) is 5.73. The molecule has 27 heavy (non-hydrogen) atoms. The second-order valence-corrected chi connectivity index (χ2v) is 6.87. The largest absolute Gasteiger partial charge is 0.481 e. The molecule has 2 amide bonds. The average Bonchev–Trinajstić information content (AvgIpc) is 3.01. The standard InChI is InChI=1S/C19H22N2O6/c22-13-6-7-16(14(10-13)18(24)25)21-9-8-15(17(21)23)20-19(26)27-11-12-4-2-1-3-5-12/h1-5,14-16H,6-11H2,(H,20,26)(H,24,25)/t14-,15?,16+/m1/s1. The van der Waals surface area contributed by atoms with Crippen molar-refractivity contribution in [2.75, 3.05) is 6.54 Å². The van der Waals surface area contributed by atoms with Crippen molar-refractivity contribution in [3.8, 4) is 0 Å². The number of carboxylic acid groups (broad SMARTS) is 1. The maximum Gasteiger partial charge on any atom is 0.408 e. The number of amides is 2. The molecule has 1 aromatic rings. The minimum atomic E-state index is -1.07. The molecule has 1 heterocycles. The fraction of sp³-hybridized carbons (Fsp3) is 0.474. The quantitative estimate of drug-likeness (QED) is 0.804. The van der Waals surface area contributed by atoms with E-state index in [-0.39, 0.29) is 31.1 Å². The number of ketones is 1. The van der Waals surface area contributed by atoms with E-state index < -0.39 is 30.1 Å². The number of carboxylic acids is 1. The van der Waals surface area contributed by atoms with E-state index in [1.165, 1.54) is 4.90 Å². The molecule has 8 heteroatoms. The van der Waals surface area contributed by atoms with Crippen LogP contribution in [0.15, 0.2) is 30.3 Å². The monoisotopic (exact) mass is 374 g/mol. The summed E-state index contributed by atoms with van der Waals surface area (Å²) in [6.45, 7) is 0.453. The van der Waals surface area contributed by atoms with Crippen molar-refractivity contribution in [3.05, 3.63) is 35.9 Å². The number of carbonyl (C=O) groups is 4. The van der Waals surface area contributed by atoms with E-state index in [1.54, 1.807) is 0 Å². The molecule has 2 aliphatic rings. The molecule has 0 spiro atoms. The molecular weight excluding hydrogens is 352 g/mol. The van der Waals surface area contributed by atoms with Gasteiger partial charge in [0.25, 0.3) is 0 Å². The number of benzene rings is 1. The zero-order valence-corrected chi connectivity index (χ0v) is 14.8. The predicted molar refractivity (Wildman–Crippen MR) is 93.7 cm³/mol. The van der Waals surface area contributed by atoms with Gasteiger partial charge >= 0.3 is 12.1 Å². The van der Waals surface area contributed by atoms with Crippen molar-refractivity contribution in [1.29, 1.82) is 0 Å². The Balaban J connectivity index is 1.55. The van der Waals surface area contributed by atoms with Crippen molar-refractivity contribution < 1.29 is 29.0 Å². The van der Waals surface area contributed by atoms with Crippen LogP contribution < -0.4 is 5.32 Å². The van der Waals surface area contributed by atoms with Crippen molar-refractivity contribution in [3.63, 3.8) is 0 Å². The zero-order chi connectivity index (χ0) is 19.4. The molecule has 2 fully saturated rings. The summed E-state index contributed by atoms with van der Waals surface area (Å²) in [7, 11) is 0. The lowest BCUT2D eigenvalue weighted by molar-refractivity contribution is -0.150. The van der Waals surface area contributed by atoms with Gasteiger partial charge in [-0.1, -0.05) is 30.3 Å². The highest BCUT2D eigenvalue weighted by atomic mass is 16.5. The summed E-state index contributed by atoms with van der Waals surface area (Å²) in [6.07, 6.45) is 0.256. The van der Waals surface area contributed by atoms with E-state index in [4.69, 9.17) is 4.74 Å². The lowest BCUT2D eigenvalue weighted by Gasteiger charge is -2.35. The molecule has 144 valence electrons. The Labute approximate surface area is 156 Å². The van der Waals surface area contributed by atoms with Gasteiger partial charge in [-0.15, -0.1) is 0 Å². The van der Waals surface area contributed by atoms with Crippen LogP contribution in [-0.4, -0.2) is 52.4 Å². The first kappa shape index (κ1) is 18.9. The van der Waals surface area contributed by atoms with Crippen LogP contribution in [0.5, 0.6) is 0 Å². The normalized spacial score (nSPS) is 25.3. The second kappa shape index (κ2) is 8.20. The first-order valence-corrected chi connectivity index (χ1v) is 8.98. The predicted octanol–water partition coefficient (Wildman–Crippen LogP) is 1.34. The number of hydrogen-bond donors (Lipinski definition) is 2. The number of Topliss-reactive ketones (excluding diaryl/α,β-unsaturated/α-hetero) is 1. The van der Waals surface area contributed by atoms with Crippen LogP contribution in [0.4, 0.5) is 4.79 Å². The number of alkyl carbamates (subject to hydrolysis) is 1. The molecule has 0 radical (unpaired) electrons. The van der Waals surface area contributed by atoms with Crippen molar-refractivity contribution in [1.82, 2.24) is 10.2 Å². The Hall–Kier alpha value is -2.90. The Morgan fingerprint density at radius 2 is 1.93 bits per heavy atom. The smallest absolute Gasteiger partial charge is 0.408 e. The molecule has 3 rings (SSSR count). The lowest BCUT2D eigenvalue weighted by atomic mass is 9.83. The number of nitrogens with one attached hydrogen (secondary N) is 1. The van der Waals surface area contributed by atoms with Gasteiger partial charge in [0.2, 0.25) is 5.91 Å². The molecule has 1 saturated heterocycles. The third-order valence-electron chi connectivity index (χ3n) is 5.09. The lowest BCUT2D eigenvalue weighted by Crippen LogP contribution is -2.50. The molecule has 1 unspecified atom stereocenters. The number of ether oxygens (including phenoxy) is 1. The van der Waals surface area contributed by atoms with E-state index >= 15 is 0 Å². The summed E-state index contributed by atoms with van der Waals surface area (Å²) >= 11 is 0. The van der Waals surface area contributed by atoms with Gasteiger partial charge in [0.15, 0.2) is 0 Å². The van der Waals surface area contributed by atoms with Gasteiger partial charge in [-0.2, -0.15) is 0 Å². The van der Waals surface area contributed by atoms with E-state index in [1.807, 2.05) is 30.3 Å². The molecule has 8 nitrogen and oxygen atoms in total. The highest BCUT2D eigenvalue weighted by Crippen LogP contribution is 2.30. The molecular formula is C19H22N2O6. The van der Waals surface area contributed by atoms with Gasteiger partial charge in [0, 0.05) is 25.4 Å². The summed E-state index contributed by atoms with van der Waals surface area (Å²) in [4.78, 5) is 49.2. The van der Waals surface area contributed by atoms with E-state index in [0.717, 1.165) is 5.56 Å². The van der Waals surface area contributed by atoms with E-state index in [0.29, 0.717) is 19.4 Å². The first-order valence-electron chi connectivity index (χ1n) is 8.98. The first-order chi connectivity index (χ1) is 13.0. The number of aliphatic carboxylic acids is 1. The van der Waals surface area contributed by atoms with Gasteiger partial charge in [-0.05, 0) is 18.4 Å². The van der Waals surface area contributed by atoms with Gasteiger partial charge in [-0.3, -0.25) is 14.4 Å². The van der Waals surface area contributed by atoms with Crippen LogP contribution in [0.3, 0.4) is 0 Å². The third kappa shape index (κ3) is 4.45. The number of rotatable bonds is 5. The Morgan fingerprint density at radius 1 is 1.19 bits per heavy atom. The molecule has 1 aliphatic carbocycles. The Morgan fingerprint density at radius 3 is 2.63 bits per heavy atom. The topological polar surface area (TPSA) is 113 Å². The molecule has 2 N–H and O–H groups in total. The van der Waals surface area contributed by atoms with Crippen LogP contribution in [0.2, 0.25) is 0 Å².